The summed E-state index contributed by atoms with van der Waals surface area (Å²) in [5, 5.41) is 12.8. The molecule has 148 valence electrons. The van der Waals surface area contributed by atoms with Gasteiger partial charge in [0, 0.05) is 18.3 Å². The number of carbonyl (C=O) groups is 1. The molecular formula is C23H23N3O3. The summed E-state index contributed by atoms with van der Waals surface area (Å²) in [7, 11) is 1.60. The molecule has 0 unspecified atom stereocenters. The van der Waals surface area contributed by atoms with Crippen molar-refractivity contribution in [2.75, 3.05) is 7.11 Å². The quantitative estimate of drug-likeness (QED) is 0.455. The number of aryl methyl sites for hydroxylation is 2. The smallest absolute Gasteiger partial charge is 0.286 e. The number of carbonyl (C=O) groups excluding carboxylic acids is 1. The first-order chi connectivity index (χ1) is 14.1. The van der Waals surface area contributed by atoms with Crippen molar-refractivity contribution < 1.29 is 14.6 Å². The molecule has 3 aromatic rings. The molecule has 0 spiro atoms. The number of hydrogen-bond acceptors (Lipinski definition) is 5. The second-order valence-electron chi connectivity index (χ2n) is 6.48. The molecular weight excluding hydrogens is 366 g/mol. The van der Waals surface area contributed by atoms with E-state index in [9.17, 15) is 9.90 Å². The molecule has 0 saturated carbocycles. The van der Waals surface area contributed by atoms with Crippen molar-refractivity contribution in [1.29, 1.82) is 0 Å². The van der Waals surface area contributed by atoms with E-state index >= 15 is 0 Å². The number of aliphatic hydroxyl groups is 1. The lowest BCUT2D eigenvalue weighted by atomic mass is 10.1. The van der Waals surface area contributed by atoms with E-state index in [0.717, 1.165) is 29.8 Å². The SMILES string of the molecule is COc1ccc(CNC(=O)/C(O)=C/c2cc(CCc3ccccc3)ncn2)cc1. The fourth-order valence-corrected chi connectivity index (χ4v) is 2.77. The molecule has 2 N–H and O–H groups in total. The number of rotatable bonds is 8. The molecule has 0 fully saturated rings. The van der Waals surface area contributed by atoms with Crippen molar-refractivity contribution in [2.24, 2.45) is 0 Å². The fraction of sp³-hybridized carbons (Fsp3) is 0.174. The van der Waals surface area contributed by atoms with Gasteiger partial charge in [-0.25, -0.2) is 9.97 Å². The predicted octanol–water partition coefficient (Wildman–Crippen LogP) is 3.49. The molecule has 0 bridgehead atoms. The zero-order valence-electron chi connectivity index (χ0n) is 16.2. The van der Waals surface area contributed by atoms with E-state index < -0.39 is 11.7 Å². The van der Waals surface area contributed by atoms with Gasteiger partial charge in [0.2, 0.25) is 0 Å². The van der Waals surface area contributed by atoms with Gasteiger partial charge in [-0.15, -0.1) is 0 Å². The third kappa shape index (κ3) is 6.17. The average molecular weight is 389 g/mol. The van der Waals surface area contributed by atoms with Gasteiger partial charge in [0.25, 0.3) is 5.91 Å². The summed E-state index contributed by atoms with van der Waals surface area (Å²) in [4.78, 5) is 20.5. The molecule has 1 heterocycles. The highest BCUT2D eigenvalue weighted by molar-refractivity contribution is 5.95. The Labute approximate surface area is 169 Å². The van der Waals surface area contributed by atoms with Crippen LogP contribution in [0.3, 0.4) is 0 Å². The minimum absolute atomic E-state index is 0.298. The Bertz CT molecular complexity index is 970. The second-order valence-corrected chi connectivity index (χ2v) is 6.48. The van der Waals surface area contributed by atoms with E-state index in [1.165, 1.54) is 18.0 Å². The van der Waals surface area contributed by atoms with Gasteiger partial charge in [-0.3, -0.25) is 4.79 Å². The van der Waals surface area contributed by atoms with Crippen molar-refractivity contribution in [3.8, 4) is 5.75 Å². The molecule has 0 aliphatic heterocycles. The van der Waals surface area contributed by atoms with Crippen LogP contribution in [0.4, 0.5) is 0 Å². The Morgan fingerprint density at radius 1 is 1.03 bits per heavy atom. The van der Waals surface area contributed by atoms with Crippen LogP contribution < -0.4 is 10.1 Å². The lowest BCUT2D eigenvalue weighted by Crippen LogP contribution is -2.24. The number of benzene rings is 2. The molecule has 0 aliphatic carbocycles. The second kappa shape index (κ2) is 10.0. The number of nitrogens with one attached hydrogen (secondary N) is 1. The van der Waals surface area contributed by atoms with E-state index in [-0.39, 0.29) is 0 Å². The highest BCUT2D eigenvalue weighted by Gasteiger charge is 2.08. The summed E-state index contributed by atoms with van der Waals surface area (Å²) < 4.78 is 5.10. The molecule has 1 aromatic heterocycles. The van der Waals surface area contributed by atoms with Crippen molar-refractivity contribution in [3.05, 3.63) is 95.3 Å². The van der Waals surface area contributed by atoms with Crippen molar-refractivity contribution in [3.63, 3.8) is 0 Å². The lowest BCUT2D eigenvalue weighted by Gasteiger charge is -2.06. The monoisotopic (exact) mass is 389 g/mol. The van der Waals surface area contributed by atoms with E-state index in [1.54, 1.807) is 13.2 Å². The van der Waals surface area contributed by atoms with Crippen LogP contribution in [0.2, 0.25) is 0 Å². The van der Waals surface area contributed by atoms with E-state index in [2.05, 4.69) is 27.4 Å². The number of hydrogen-bond donors (Lipinski definition) is 2. The Balaban J connectivity index is 1.57. The normalized spacial score (nSPS) is 11.1. The highest BCUT2D eigenvalue weighted by Crippen LogP contribution is 2.11. The summed E-state index contributed by atoms with van der Waals surface area (Å²) in [6.07, 6.45) is 4.39. The zero-order chi connectivity index (χ0) is 20.5. The molecule has 0 radical (unpaired) electrons. The largest absolute Gasteiger partial charge is 0.503 e. The van der Waals surface area contributed by atoms with Crippen molar-refractivity contribution in [1.82, 2.24) is 15.3 Å². The van der Waals surface area contributed by atoms with Crippen LogP contribution >= 0.6 is 0 Å². The Kier molecular flexibility index (Phi) is 6.95. The van der Waals surface area contributed by atoms with Crippen LogP contribution in [0.5, 0.6) is 5.75 Å². The maximum atomic E-state index is 12.1. The Morgan fingerprint density at radius 3 is 2.52 bits per heavy atom. The van der Waals surface area contributed by atoms with Crippen LogP contribution in [0.1, 0.15) is 22.5 Å². The van der Waals surface area contributed by atoms with E-state index in [1.807, 2.05) is 42.5 Å². The van der Waals surface area contributed by atoms with Crippen LogP contribution in [0, 0.1) is 0 Å². The first-order valence-electron chi connectivity index (χ1n) is 9.30. The number of aromatic nitrogens is 2. The van der Waals surface area contributed by atoms with Crippen LogP contribution in [-0.2, 0) is 24.2 Å². The molecule has 6 nitrogen and oxygen atoms in total. The van der Waals surface area contributed by atoms with Gasteiger partial charge in [-0.1, -0.05) is 42.5 Å². The van der Waals surface area contributed by atoms with E-state index in [0.29, 0.717) is 12.2 Å². The summed E-state index contributed by atoms with van der Waals surface area (Å²) in [5.74, 6) is -0.217. The molecule has 6 heteroatoms. The predicted molar refractivity (Wildman–Crippen MR) is 111 cm³/mol. The number of amides is 1. The van der Waals surface area contributed by atoms with Gasteiger partial charge in [0.1, 0.15) is 12.1 Å². The van der Waals surface area contributed by atoms with Crippen LogP contribution in [0.15, 0.2) is 72.8 Å². The molecule has 2 aromatic carbocycles. The number of methoxy groups -OCH3 is 1. The number of nitrogens with zero attached hydrogens (tertiary/aromatic N) is 2. The molecule has 0 atom stereocenters. The minimum Gasteiger partial charge on any atom is -0.503 e. The third-order valence-corrected chi connectivity index (χ3v) is 4.39. The standard InChI is InChI=1S/C23H23N3O3/c1-29-21-11-8-18(9-12-21)15-24-23(28)22(27)14-20-13-19(25-16-26-20)10-7-17-5-3-2-4-6-17/h2-6,8-9,11-14,16,27H,7,10,15H2,1H3,(H,24,28)/b22-14-. The Morgan fingerprint density at radius 2 is 1.79 bits per heavy atom. The summed E-state index contributed by atoms with van der Waals surface area (Å²) >= 11 is 0. The van der Waals surface area contributed by atoms with Gasteiger partial charge >= 0.3 is 0 Å². The van der Waals surface area contributed by atoms with Crippen molar-refractivity contribution >= 4 is 12.0 Å². The minimum atomic E-state index is -0.565. The van der Waals surface area contributed by atoms with Crippen molar-refractivity contribution in [2.45, 2.75) is 19.4 Å². The molecule has 1 amide bonds. The summed E-state index contributed by atoms with van der Waals surface area (Å²) in [6, 6.07) is 19.2. The fourth-order valence-electron chi connectivity index (χ4n) is 2.77. The average Bonchev–Trinajstić information content (AvgIpc) is 2.77. The van der Waals surface area contributed by atoms with Crippen LogP contribution in [-0.4, -0.2) is 28.1 Å². The van der Waals surface area contributed by atoms with Crippen LogP contribution in [0.25, 0.3) is 6.08 Å². The third-order valence-electron chi connectivity index (χ3n) is 4.39. The Hall–Kier alpha value is -3.67. The topological polar surface area (TPSA) is 84.3 Å². The molecule has 3 rings (SSSR count). The maximum Gasteiger partial charge on any atom is 0.286 e. The first-order valence-corrected chi connectivity index (χ1v) is 9.30. The van der Waals surface area contributed by atoms with Gasteiger partial charge in [0.15, 0.2) is 5.76 Å². The van der Waals surface area contributed by atoms with E-state index in [4.69, 9.17) is 4.74 Å². The maximum absolute atomic E-state index is 12.1. The number of aliphatic hydroxyl groups excluding tert-OH is 1. The number of ether oxygens (including phenoxy) is 1. The molecule has 29 heavy (non-hydrogen) atoms. The zero-order valence-corrected chi connectivity index (χ0v) is 16.2. The molecule has 0 saturated heterocycles. The highest BCUT2D eigenvalue weighted by atomic mass is 16.5. The van der Waals surface area contributed by atoms with Gasteiger partial charge in [0.05, 0.1) is 12.8 Å². The molecule has 0 aliphatic rings. The van der Waals surface area contributed by atoms with Gasteiger partial charge < -0.3 is 15.2 Å². The lowest BCUT2D eigenvalue weighted by molar-refractivity contribution is -0.119. The summed E-state index contributed by atoms with van der Waals surface area (Å²) in [6.45, 7) is 0.298. The first kappa shape index (κ1) is 20.1. The van der Waals surface area contributed by atoms with Gasteiger partial charge in [-0.05, 0) is 42.2 Å². The van der Waals surface area contributed by atoms with Gasteiger partial charge in [-0.2, -0.15) is 0 Å². The summed E-state index contributed by atoms with van der Waals surface area (Å²) in [5.41, 5.74) is 3.46.